The number of rotatable bonds is 4. The van der Waals surface area contributed by atoms with Gasteiger partial charge in [-0.1, -0.05) is 43.0 Å². The minimum Gasteiger partial charge on any atom is -0.482 e. The molecule has 1 aliphatic rings. The maximum absolute atomic E-state index is 6.49. The third kappa shape index (κ3) is 3.27. The van der Waals surface area contributed by atoms with Gasteiger partial charge in [0.05, 0.1) is 0 Å². The van der Waals surface area contributed by atoms with E-state index in [4.69, 9.17) is 16.3 Å². The van der Waals surface area contributed by atoms with Crippen molar-refractivity contribution in [2.24, 2.45) is 5.92 Å². The van der Waals surface area contributed by atoms with Gasteiger partial charge in [0.2, 0.25) is 0 Å². The average Bonchev–Trinajstić information content (AvgIpc) is 3.03. The first kappa shape index (κ1) is 14.9. The minimum atomic E-state index is -0.251. The van der Waals surface area contributed by atoms with Crippen LogP contribution in [0.1, 0.15) is 43.9 Å². The van der Waals surface area contributed by atoms with E-state index in [1.807, 2.05) is 24.3 Å². The first-order valence-corrected chi connectivity index (χ1v) is 8.93. The summed E-state index contributed by atoms with van der Waals surface area (Å²) in [6.45, 7) is 2.25. The molecule has 1 aromatic carbocycles. The lowest BCUT2D eigenvalue weighted by atomic mass is 9.77. The Hall–Kier alpha value is -0.990. The Morgan fingerprint density at radius 3 is 2.62 bits per heavy atom. The van der Waals surface area contributed by atoms with Gasteiger partial charge in [-0.05, 0) is 49.4 Å². The largest absolute Gasteiger partial charge is 0.482 e. The van der Waals surface area contributed by atoms with E-state index in [1.165, 1.54) is 37.0 Å². The highest BCUT2D eigenvalue weighted by Crippen LogP contribution is 2.44. The monoisotopic (exact) mass is 320 g/mol. The van der Waals surface area contributed by atoms with Crippen LogP contribution in [-0.2, 0) is 5.60 Å². The molecule has 0 spiro atoms. The van der Waals surface area contributed by atoms with E-state index in [-0.39, 0.29) is 5.60 Å². The second-order valence-corrected chi connectivity index (χ2v) is 7.36. The zero-order valence-electron chi connectivity index (χ0n) is 12.3. The van der Waals surface area contributed by atoms with Gasteiger partial charge < -0.3 is 4.74 Å². The number of thiophene rings is 1. The third-order valence-electron chi connectivity index (χ3n) is 4.52. The van der Waals surface area contributed by atoms with Gasteiger partial charge in [0.15, 0.2) is 0 Å². The summed E-state index contributed by atoms with van der Waals surface area (Å²) in [4.78, 5) is 1.31. The van der Waals surface area contributed by atoms with E-state index in [0.717, 1.165) is 10.8 Å². The fourth-order valence-corrected chi connectivity index (χ4v) is 4.41. The maximum Gasteiger partial charge on any atom is 0.143 e. The lowest BCUT2D eigenvalue weighted by molar-refractivity contribution is 0.00698. The molecular formula is C18H21ClOS. The van der Waals surface area contributed by atoms with Crippen molar-refractivity contribution in [1.82, 2.24) is 0 Å². The Labute approximate surface area is 135 Å². The number of hydrogen-bond acceptors (Lipinski definition) is 2. The molecule has 1 heterocycles. The smallest absolute Gasteiger partial charge is 0.143 e. The second-order valence-electron chi connectivity index (χ2n) is 5.98. The molecule has 3 heteroatoms. The Morgan fingerprint density at radius 1 is 1.14 bits per heavy atom. The molecule has 3 rings (SSSR count). The first-order valence-electron chi connectivity index (χ1n) is 7.67. The summed E-state index contributed by atoms with van der Waals surface area (Å²) < 4.78 is 6.49. The van der Waals surface area contributed by atoms with Crippen molar-refractivity contribution < 1.29 is 4.74 Å². The van der Waals surface area contributed by atoms with Gasteiger partial charge in [0, 0.05) is 15.8 Å². The molecule has 1 nitrogen and oxygen atoms in total. The van der Waals surface area contributed by atoms with E-state index in [1.54, 1.807) is 11.3 Å². The summed E-state index contributed by atoms with van der Waals surface area (Å²) in [6.07, 6.45) is 6.47. The number of benzene rings is 1. The summed E-state index contributed by atoms with van der Waals surface area (Å²) in [7, 11) is 0. The zero-order valence-corrected chi connectivity index (χ0v) is 13.9. The van der Waals surface area contributed by atoms with Crippen molar-refractivity contribution in [3.05, 3.63) is 51.7 Å². The average molecular weight is 321 g/mol. The first-order chi connectivity index (χ1) is 10.2. The number of hydrogen-bond donors (Lipinski definition) is 0. The van der Waals surface area contributed by atoms with Crippen LogP contribution in [0.15, 0.2) is 41.8 Å². The van der Waals surface area contributed by atoms with E-state index in [9.17, 15) is 0 Å². The van der Waals surface area contributed by atoms with Gasteiger partial charge in [0.25, 0.3) is 0 Å². The molecule has 0 saturated heterocycles. The summed E-state index contributed by atoms with van der Waals surface area (Å²) in [6, 6.07) is 12.1. The molecule has 2 aromatic rings. The van der Waals surface area contributed by atoms with E-state index in [0.29, 0.717) is 5.92 Å². The fraction of sp³-hybridized carbons (Fsp3) is 0.444. The zero-order chi connectivity index (χ0) is 14.7. The highest BCUT2D eigenvalue weighted by Gasteiger charge is 2.39. The Kier molecular flexibility index (Phi) is 4.56. The molecule has 1 saturated carbocycles. The van der Waals surface area contributed by atoms with Crippen molar-refractivity contribution in [2.45, 2.75) is 44.6 Å². The molecule has 1 atom stereocenters. The van der Waals surface area contributed by atoms with Crippen LogP contribution < -0.4 is 4.74 Å². The summed E-state index contributed by atoms with van der Waals surface area (Å²) in [5.41, 5.74) is -0.251. The van der Waals surface area contributed by atoms with Crippen molar-refractivity contribution in [3.8, 4) is 5.75 Å². The van der Waals surface area contributed by atoms with Gasteiger partial charge >= 0.3 is 0 Å². The molecule has 1 aromatic heterocycles. The molecular weight excluding hydrogens is 300 g/mol. The van der Waals surface area contributed by atoms with Crippen LogP contribution in [0.4, 0.5) is 0 Å². The second kappa shape index (κ2) is 6.41. The SMILES string of the molecule is CC(Oc1cccc(Cl)c1)(c1cccs1)C1CCCCC1. The Bertz CT molecular complexity index is 575. The van der Waals surface area contributed by atoms with E-state index >= 15 is 0 Å². The lowest BCUT2D eigenvalue weighted by Gasteiger charge is -2.39. The quantitative estimate of drug-likeness (QED) is 0.644. The molecule has 0 amide bonds. The van der Waals surface area contributed by atoms with Crippen LogP contribution in [0.5, 0.6) is 5.75 Å². The molecule has 21 heavy (non-hydrogen) atoms. The van der Waals surface area contributed by atoms with Gasteiger partial charge in [-0.3, -0.25) is 0 Å². The van der Waals surface area contributed by atoms with E-state index in [2.05, 4.69) is 24.4 Å². The predicted molar refractivity (Wildman–Crippen MR) is 90.3 cm³/mol. The van der Waals surface area contributed by atoms with Crippen molar-refractivity contribution in [2.75, 3.05) is 0 Å². The van der Waals surface area contributed by atoms with Crippen LogP contribution >= 0.6 is 22.9 Å². The summed E-state index contributed by atoms with van der Waals surface area (Å²) in [5.74, 6) is 1.44. The van der Waals surface area contributed by atoms with Gasteiger partial charge in [-0.2, -0.15) is 0 Å². The van der Waals surface area contributed by atoms with Crippen LogP contribution in [0.3, 0.4) is 0 Å². The molecule has 0 aliphatic heterocycles. The highest BCUT2D eigenvalue weighted by molar-refractivity contribution is 7.10. The molecule has 0 N–H and O–H groups in total. The van der Waals surface area contributed by atoms with Crippen LogP contribution in [0, 0.1) is 5.92 Å². The van der Waals surface area contributed by atoms with Crippen molar-refractivity contribution in [3.63, 3.8) is 0 Å². The summed E-state index contributed by atoms with van der Waals surface area (Å²) in [5, 5.41) is 2.86. The van der Waals surface area contributed by atoms with E-state index < -0.39 is 0 Å². The molecule has 1 aliphatic carbocycles. The Balaban J connectivity index is 1.92. The standard InChI is InChI=1S/C18H21ClOS/c1-18(17-11-6-12-21-17,14-7-3-2-4-8-14)20-16-10-5-9-15(19)13-16/h5-6,9-14H,2-4,7-8H2,1H3. The van der Waals surface area contributed by atoms with Crippen molar-refractivity contribution >= 4 is 22.9 Å². The number of ether oxygens (including phenoxy) is 1. The lowest BCUT2D eigenvalue weighted by Crippen LogP contribution is -2.38. The molecule has 1 fully saturated rings. The normalized spacial score (nSPS) is 19.1. The number of halogens is 1. The highest BCUT2D eigenvalue weighted by atomic mass is 35.5. The summed E-state index contributed by atoms with van der Waals surface area (Å²) >= 11 is 7.90. The predicted octanol–water partition coefficient (Wildman–Crippen LogP) is 6.28. The van der Waals surface area contributed by atoms with Gasteiger partial charge in [-0.25, -0.2) is 0 Å². The Morgan fingerprint density at radius 2 is 1.95 bits per heavy atom. The molecule has 0 bridgehead atoms. The van der Waals surface area contributed by atoms with Crippen LogP contribution in [0.25, 0.3) is 0 Å². The van der Waals surface area contributed by atoms with Crippen molar-refractivity contribution in [1.29, 1.82) is 0 Å². The maximum atomic E-state index is 6.49. The van der Waals surface area contributed by atoms with Crippen LogP contribution in [0.2, 0.25) is 5.02 Å². The fourth-order valence-electron chi connectivity index (χ4n) is 3.32. The van der Waals surface area contributed by atoms with Gasteiger partial charge in [0.1, 0.15) is 11.4 Å². The minimum absolute atomic E-state index is 0.251. The third-order valence-corrected chi connectivity index (χ3v) is 5.84. The molecule has 112 valence electrons. The van der Waals surface area contributed by atoms with Crippen LogP contribution in [-0.4, -0.2) is 0 Å². The molecule has 0 radical (unpaired) electrons. The molecule has 1 unspecified atom stereocenters. The topological polar surface area (TPSA) is 9.23 Å². The van der Waals surface area contributed by atoms with Gasteiger partial charge in [-0.15, -0.1) is 11.3 Å².